The molecule has 29 heavy (non-hydrogen) atoms. The van der Waals surface area contributed by atoms with E-state index < -0.39 is 0 Å². The minimum absolute atomic E-state index is 0.136. The molecule has 0 atom stereocenters. The lowest BCUT2D eigenvalue weighted by Gasteiger charge is -2.22. The molecule has 0 saturated heterocycles. The van der Waals surface area contributed by atoms with Gasteiger partial charge in [-0.15, -0.1) is 0 Å². The van der Waals surface area contributed by atoms with Gasteiger partial charge in [-0.3, -0.25) is 4.79 Å². The summed E-state index contributed by atoms with van der Waals surface area (Å²) in [5.41, 5.74) is 12.4. The molecule has 0 unspecified atom stereocenters. The molecule has 5 N–H and O–H groups in total. The van der Waals surface area contributed by atoms with Crippen LogP contribution in [0.4, 0.5) is 10.5 Å². The molecule has 0 radical (unpaired) electrons. The molecule has 0 aliphatic rings. The van der Waals surface area contributed by atoms with E-state index in [0.717, 1.165) is 38.6 Å². The molecule has 2 amide bonds. The van der Waals surface area contributed by atoms with Gasteiger partial charge in [-0.25, -0.2) is 4.79 Å². The van der Waals surface area contributed by atoms with Crippen molar-refractivity contribution in [2.75, 3.05) is 38.5 Å². The number of anilines is 1. The molecule has 164 valence electrons. The summed E-state index contributed by atoms with van der Waals surface area (Å²) in [6, 6.07) is 6.81. The number of ether oxygens (including phenoxy) is 1. The van der Waals surface area contributed by atoms with Crippen molar-refractivity contribution in [2.45, 2.75) is 58.3 Å². The van der Waals surface area contributed by atoms with Crippen LogP contribution in [0.2, 0.25) is 0 Å². The first-order valence-electron chi connectivity index (χ1n) is 10.8. The Morgan fingerprint density at radius 2 is 1.59 bits per heavy atom. The fourth-order valence-corrected chi connectivity index (χ4v) is 2.94. The fraction of sp³-hybridized carbons (Fsp3) is 0.636. The van der Waals surface area contributed by atoms with Crippen LogP contribution in [0.15, 0.2) is 24.3 Å². The summed E-state index contributed by atoms with van der Waals surface area (Å²) >= 11 is 0. The lowest BCUT2D eigenvalue weighted by atomic mass is 10.1. The highest BCUT2D eigenvalue weighted by atomic mass is 16.6. The van der Waals surface area contributed by atoms with E-state index in [1.54, 1.807) is 29.2 Å². The van der Waals surface area contributed by atoms with E-state index in [0.29, 0.717) is 43.9 Å². The van der Waals surface area contributed by atoms with Crippen LogP contribution in [0, 0.1) is 0 Å². The number of amides is 2. The highest BCUT2D eigenvalue weighted by Gasteiger charge is 2.14. The highest BCUT2D eigenvalue weighted by molar-refractivity contribution is 5.94. The van der Waals surface area contributed by atoms with Crippen LogP contribution in [0.25, 0.3) is 0 Å². The summed E-state index contributed by atoms with van der Waals surface area (Å²) < 4.78 is 5.30. The quantitative estimate of drug-likeness (QED) is 0.305. The number of benzene rings is 1. The molecule has 0 aliphatic heterocycles. The SMILES string of the molecule is CCCOC(=O)N(CCCCCCCCN)CCCNC(=O)c1ccc(N)cc1. The molecular formula is C22H38N4O3. The predicted molar refractivity (Wildman–Crippen MR) is 118 cm³/mol. The fourth-order valence-electron chi connectivity index (χ4n) is 2.94. The maximum Gasteiger partial charge on any atom is 0.409 e. The third-order valence-corrected chi connectivity index (χ3v) is 4.63. The Labute approximate surface area is 175 Å². The second-order valence-corrected chi connectivity index (χ2v) is 7.24. The van der Waals surface area contributed by atoms with Crippen LogP contribution in [0.5, 0.6) is 0 Å². The van der Waals surface area contributed by atoms with Crippen molar-refractivity contribution in [3.05, 3.63) is 29.8 Å². The molecule has 0 fully saturated rings. The molecule has 0 aromatic heterocycles. The number of nitrogen functional groups attached to an aromatic ring is 1. The Balaban J connectivity index is 2.32. The van der Waals surface area contributed by atoms with E-state index in [1.165, 1.54) is 12.8 Å². The summed E-state index contributed by atoms with van der Waals surface area (Å²) in [7, 11) is 0. The number of hydrogen-bond donors (Lipinski definition) is 3. The van der Waals surface area contributed by atoms with Gasteiger partial charge in [0.15, 0.2) is 0 Å². The molecule has 0 saturated carbocycles. The molecule has 7 heteroatoms. The van der Waals surface area contributed by atoms with Gasteiger partial charge in [0.25, 0.3) is 5.91 Å². The lowest BCUT2D eigenvalue weighted by Crippen LogP contribution is -2.35. The van der Waals surface area contributed by atoms with E-state index in [9.17, 15) is 9.59 Å². The van der Waals surface area contributed by atoms with E-state index in [2.05, 4.69) is 5.32 Å². The van der Waals surface area contributed by atoms with Crippen molar-refractivity contribution in [2.24, 2.45) is 5.73 Å². The third-order valence-electron chi connectivity index (χ3n) is 4.63. The van der Waals surface area contributed by atoms with Gasteiger partial charge in [0.05, 0.1) is 6.61 Å². The molecule has 7 nitrogen and oxygen atoms in total. The van der Waals surface area contributed by atoms with Crippen LogP contribution in [-0.4, -0.2) is 49.7 Å². The zero-order valence-corrected chi connectivity index (χ0v) is 17.8. The number of carbonyl (C=O) groups is 2. The van der Waals surface area contributed by atoms with Crippen molar-refractivity contribution in [1.82, 2.24) is 10.2 Å². The third kappa shape index (κ3) is 11.3. The minimum atomic E-state index is -0.264. The molecule has 0 heterocycles. The molecule has 1 rings (SSSR count). The first-order valence-corrected chi connectivity index (χ1v) is 10.8. The molecule has 0 spiro atoms. The van der Waals surface area contributed by atoms with Gasteiger partial charge in [-0.2, -0.15) is 0 Å². The van der Waals surface area contributed by atoms with Crippen LogP contribution < -0.4 is 16.8 Å². The summed E-state index contributed by atoms with van der Waals surface area (Å²) in [6.07, 6.45) is 7.88. The first kappa shape index (κ1) is 24.8. The Hall–Kier alpha value is -2.28. The number of nitrogens with zero attached hydrogens (tertiary/aromatic N) is 1. The molecule has 0 aliphatic carbocycles. The second-order valence-electron chi connectivity index (χ2n) is 7.24. The molecule has 1 aromatic rings. The monoisotopic (exact) mass is 406 g/mol. The van der Waals surface area contributed by atoms with Crippen LogP contribution >= 0.6 is 0 Å². The van der Waals surface area contributed by atoms with E-state index in [-0.39, 0.29) is 12.0 Å². The maximum atomic E-state index is 12.3. The maximum absolute atomic E-state index is 12.3. The second kappa shape index (κ2) is 15.6. The molecule has 0 bridgehead atoms. The smallest absolute Gasteiger partial charge is 0.409 e. The van der Waals surface area contributed by atoms with Gasteiger partial charge >= 0.3 is 6.09 Å². The minimum Gasteiger partial charge on any atom is -0.449 e. The molecular weight excluding hydrogens is 368 g/mol. The summed E-state index contributed by atoms with van der Waals surface area (Å²) in [6.45, 7) is 4.92. The zero-order chi connectivity index (χ0) is 21.3. The van der Waals surface area contributed by atoms with Gasteiger partial charge in [0.2, 0.25) is 0 Å². The Kier molecular flexibility index (Phi) is 13.3. The summed E-state index contributed by atoms with van der Waals surface area (Å²) in [5.74, 6) is -0.136. The lowest BCUT2D eigenvalue weighted by molar-refractivity contribution is 0.0945. The number of hydrogen-bond acceptors (Lipinski definition) is 5. The van der Waals surface area contributed by atoms with Crippen molar-refractivity contribution in [3.8, 4) is 0 Å². The van der Waals surface area contributed by atoms with Gasteiger partial charge < -0.3 is 26.4 Å². The Morgan fingerprint density at radius 3 is 2.24 bits per heavy atom. The van der Waals surface area contributed by atoms with E-state index in [1.807, 2.05) is 6.92 Å². The molecule has 1 aromatic carbocycles. The van der Waals surface area contributed by atoms with E-state index in [4.69, 9.17) is 16.2 Å². The number of nitrogens with two attached hydrogens (primary N) is 2. The van der Waals surface area contributed by atoms with Crippen LogP contribution in [0.3, 0.4) is 0 Å². The largest absolute Gasteiger partial charge is 0.449 e. The van der Waals surface area contributed by atoms with Crippen LogP contribution in [0.1, 0.15) is 68.6 Å². The number of rotatable bonds is 15. The van der Waals surface area contributed by atoms with Gasteiger partial charge in [-0.05, 0) is 56.5 Å². The van der Waals surface area contributed by atoms with E-state index >= 15 is 0 Å². The summed E-state index contributed by atoms with van der Waals surface area (Å²) in [4.78, 5) is 26.2. The zero-order valence-electron chi connectivity index (χ0n) is 17.8. The average molecular weight is 407 g/mol. The van der Waals surface area contributed by atoms with Gasteiger partial charge in [0, 0.05) is 30.9 Å². The van der Waals surface area contributed by atoms with Gasteiger partial charge in [0.1, 0.15) is 0 Å². The normalized spacial score (nSPS) is 10.6. The van der Waals surface area contributed by atoms with Crippen molar-refractivity contribution in [3.63, 3.8) is 0 Å². The summed E-state index contributed by atoms with van der Waals surface area (Å²) in [5, 5.41) is 2.88. The average Bonchev–Trinajstić information content (AvgIpc) is 2.73. The van der Waals surface area contributed by atoms with Crippen molar-refractivity contribution < 1.29 is 14.3 Å². The van der Waals surface area contributed by atoms with Crippen LogP contribution in [-0.2, 0) is 4.74 Å². The standard InChI is InChI=1S/C22H38N4O3/c1-2-18-29-22(28)26(16-8-6-4-3-5-7-14-23)17-9-15-25-21(27)19-10-12-20(24)13-11-19/h10-13H,2-9,14-18,23-24H2,1H3,(H,25,27). The Bertz CT molecular complexity index is 578. The van der Waals surface area contributed by atoms with Gasteiger partial charge in [-0.1, -0.05) is 32.6 Å². The number of carbonyl (C=O) groups excluding carboxylic acids is 2. The van der Waals surface area contributed by atoms with Crippen molar-refractivity contribution in [1.29, 1.82) is 0 Å². The number of unbranched alkanes of at least 4 members (excludes halogenated alkanes) is 5. The number of nitrogens with one attached hydrogen (secondary N) is 1. The Morgan fingerprint density at radius 1 is 0.966 bits per heavy atom. The highest BCUT2D eigenvalue weighted by Crippen LogP contribution is 2.08. The first-order chi connectivity index (χ1) is 14.1. The topological polar surface area (TPSA) is 111 Å². The predicted octanol–water partition coefficient (Wildman–Crippen LogP) is 3.54. The van der Waals surface area contributed by atoms with Crippen molar-refractivity contribution >= 4 is 17.7 Å².